The summed E-state index contributed by atoms with van der Waals surface area (Å²) in [7, 11) is 0. The summed E-state index contributed by atoms with van der Waals surface area (Å²) in [5.74, 6) is 0. The van der Waals surface area contributed by atoms with Crippen LogP contribution < -0.4 is 9.80 Å². The number of anilines is 6. The molecule has 354 valence electrons. The molecule has 1 unspecified atom stereocenters. The zero-order chi connectivity index (χ0) is 49.9. The van der Waals surface area contributed by atoms with Gasteiger partial charge in [-0.3, -0.25) is 0 Å². The number of hydrogen-bond donors (Lipinski definition) is 0. The lowest BCUT2D eigenvalue weighted by molar-refractivity contribution is 0.776. The highest BCUT2D eigenvalue weighted by atomic mass is 32.1. The zero-order valence-corrected chi connectivity index (χ0v) is 42.2. The van der Waals surface area contributed by atoms with E-state index in [1.165, 1.54) is 109 Å². The summed E-state index contributed by atoms with van der Waals surface area (Å²) in [6, 6.07) is 104. The molecule has 3 aliphatic rings. The summed E-state index contributed by atoms with van der Waals surface area (Å²) in [6.45, 7) is 0. The van der Waals surface area contributed by atoms with Crippen molar-refractivity contribution in [1.82, 2.24) is 0 Å². The number of nitrogens with zero attached hydrogens (tertiary/aromatic N) is 2. The summed E-state index contributed by atoms with van der Waals surface area (Å²) in [5.41, 5.74) is 25.7. The van der Waals surface area contributed by atoms with Gasteiger partial charge in [-0.25, -0.2) is 0 Å². The standard InChI is InChI=1S/C73H46N2S/c1-3-20-47(21-4-1)48-38-40-50(41-39-48)74(67-36-19-32-59-55-27-10-9-26-54(55)58-29-13-17-35-66(58)75(72(59)67)49-22-5-2-6-23-49)51-42-43-57-53-25-8-7-24-52(53)56-28-11-15-33-62(56)73(65(57)46-51)63-34-16-12-30-60(63)70-64(73)44-45-69-71(70)61-31-14-18-37-68(61)76-69/h1-46H. The van der Waals surface area contributed by atoms with Gasteiger partial charge in [-0.05, 0) is 139 Å². The topological polar surface area (TPSA) is 6.48 Å². The van der Waals surface area contributed by atoms with E-state index in [2.05, 4.69) is 289 Å². The van der Waals surface area contributed by atoms with E-state index in [4.69, 9.17) is 0 Å². The second-order valence-corrected chi connectivity index (χ2v) is 21.3. The average Bonchev–Trinajstić information content (AvgIpc) is 4.18. The average molecular weight is 983 g/mol. The molecular formula is C73H46N2S. The van der Waals surface area contributed by atoms with E-state index in [0.717, 1.165) is 34.1 Å². The van der Waals surface area contributed by atoms with Crippen LogP contribution in [0.4, 0.5) is 34.1 Å². The second kappa shape index (κ2) is 16.7. The number of hydrogen-bond acceptors (Lipinski definition) is 3. The summed E-state index contributed by atoms with van der Waals surface area (Å²) >= 11 is 1.90. The lowest BCUT2D eigenvalue weighted by atomic mass is 9.65. The van der Waals surface area contributed by atoms with Crippen LogP contribution in [-0.2, 0) is 5.41 Å². The van der Waals surface area contributed by atoms with Crippen molar-refractivity contribution in [3.63, 3.8) is 0 Å². The van der Waals surface area contributed by atoms with E-state index in [1.807, 2.05) is 11.3 Å². The first-order chi connectivity index (χ1) is 37.7. The molecule has 0 N–H and O–H groups in total. The third-order valence-corrected chi connectivity index (χ3v) is 17.6. The van der Waals surface area contributed by atoms with Crippen molar-refractivity contribution in [2.45, 2.75) is 5.41 Å². The monoisotopic (exact) mass is 982 g/mol. The number of rotatable bonds is 5. The van der Waals surface area contributed by atoms with Gasteiger partial charge >= 0.3 is 0 Å². The van der Waals surface area contributed by atoms with Gasteiger partial charge < -0.3 is 9.80 Å². The predicted octanol–water partition coefficient (Wildman–Crippen LogP) is 20.3. The van der Waals surface area contributed by atoms with E-state index in [9.17, 15) is 0 Å². The summed E-state index contributed by atoms with van der Waals surface area (Å²) < 4.78 is 2.62. The minimum atomic E-state index is -0.700. The van der Waals surface area contributed by atoms with Gasteiger partial charge in [0, 0.05) is 48.4 Å². The van der Waals surface area contributed by atoms with Gasteiger partial charge in [-0.2, -0.15) is 0 Å². The van der Waals surface area contributed by atoms with Crippen molar-refractivity contribution in [3.8, 4) is 66.8 Å². The van der Waals surface area contributed by atoms with E-state index >= 15 is 0 Å². The quantitative estimate of drug-likeness (QED) is 0.170. The van der Waals surface area contributed by atoms with Gasteiger partial charge in [0.1, 0.15) is 0 Å². The maximum absolute atomic E-state index is 2.56. The summed E-state index contributed by atoms with van der Waals surface area (Å²) in [6.07, 6.45) is 0. The molecule has 76 heavy (non-hydrogen) atoms. The highest BCUT2D eigenvalue weighted by Gasteiger charge is 2.51. The van der Waals surface area contributed by atoms with Crippen LogP contribution in [-0.4, -0.2) is 0 Å². The van der Waals surface area contributed by atoms with Gasteiger partial charge in [0.05, 0.1) is 22.5 Å². The maximum Gasteiger partial charge on any atom is 0.0781 e. The fourth-order valence-corrected chi connectivity index (χ4v) is 14.5. The van der Waals surface area contributed by atoms with Crippen LogP contribution in [0.15, 0.2) is 279 Å². The Kier molecular flexibility index (Phi) is 9.45. The molecule has 2 nitrogen and oxygen atoms in total. The third kappa shape index (κ3) is 6.09. The fourth-order valence-electron chi connectivity index (χ4n) is 13.4. The molecule has 2 aliphatic carbocycles. The van der Waals surface area contributed by atoms with Gasteiger partial charge in [-0.15, -0.1) is 11.3 Å². The Morgan fingerprint density at radius 1 is 0.329 bits per heavy atom. The molecule has 13 aromatic rings. The van der Waals surface area contributed by atoms with Crippen molar-refractivity contribution in [2.75, 3.05) is 9.80 Å². The maximum atomic E-state index is 2.56. The molecule has 3 heteroatoms. The van der Waals surface area contributed by atoms with E-state index < -0.39 is 5.41 Å². The summed E-state index contributed by atoms with van der Waals surface area (Å²) in [5, 5.41) is 2.65. The van der Waals surface area contributed by atoms with Gasteiger partial charge in [-0.1, -0.05) is 218 Å². The number of thiophene rings is 1. The van der Waals surface area contributed by atoms with Crippen molar-refractivity contribution in [3.05, 3.63) is 301 Å². The van der Waals surface area contributed by atoms with Crippen LogP contribution in [0, 0.1) is 0 Å². The first kappa shape index (κ1) is 42.9. The molecule has 12 aromatic carbocycles. The van der Waals surface area contributed by atoms with Crippen LogP contribution in [0.5, 0.6) is 0 Å². The Hall–Kier alpha value is -9.54. The fraction of sp³-hybridized carbons (Fsp3) is 0.0137. The lowest BCUT2D eigenvalue weighted by Crippen LogP contribution is -2.29. The SMILES string of the molecule is c1ccc(-c2ccc(N(c3ccc4c(c3)C3(c5ccccc5-c5ccccc5-4)c4ccccc4-c4c3ccc3sc5ccccc5c43)c3cccc4c3N(c3ccccc3)c3ccccc3-c3ccccc3-4)cc2)cc1. The van der Waals surface area contributed by atoms with Gasteiger partial charge in [0.2, 0.25) is 0 Å². The zero-order valence-electron chi connectivity index (χ0n) is 41.4. The van der Waals surface area contributed by atoms with Crippen LogP contribution in [0.25, 0.3) is 86.9 Å². The molecule has 16 rings (SSSR count). The minimum absolute atomic E-state index is 0.700. The van der Waals surface area contributed by atoms with Crippen LogP contribution >= 0.6 is 11.3 Å². The molecular weight excluding hydrogens is 937 g/mol. The highest BCUT2D eigenvalue weighted by molar-refractivity contribution is 7.26. The normalized spacial score (nSPS) is 14.3. The molecule has 0 saturated carbocycles. The van der Waals surface area contributed by atoms with Gasteiger partial charge in [0.25, 0.3) is 0 Å². The molecule has 1 aliphatic heterocycles. The molecule has 0 radical (unpaired) electrons. The lowest BCUT2D eigenvalue weighted by Gasteiger charge is -2.37. The molecule has 0 amide bonds. The minimum Gasteiger partial charge on any atom is -0.308 e. The molecule has 0 saturated heterocycles. The van der Waals surface area contributed by atoms with Crippen molar-refractivity contribution in [2.24, 2.45) is 0 Å². The van der Waals surface area contributed by atoms with E-state index in [-0.39, 0.29) is 0 Å². The first-order valence-electron chi connectivity index (χ1n) is 26.2. The second-order valence-electron chi connectivity index (χ2n) is 20.2. The predicted molar refractivity (Wildman–Crippen MR) is 320 cm³/mol. The summed E-state index contributed by atoms with van der Waals surface area (Å²) in [4.78, 5) is 5.04. The van der Waals surface area contributed by atoms with Gasteiger partial charge in [0.15, 0.2) is 0 Å². The van der Waals surface area contributed by atoms with E-state index in [1.54, 1.807) is 0 Å². The largest absolute Gasteiger partial charge is 0.308 e. The molecule has 1 aromatic heterocycles. The molecule has 0 fully saturated rings. The first-order valence-corrected chi connectivity index (χ1v) is 27.1. The third-order valence-electron chi connectivity index (χ3n) is 16.4. The molecule has 1 spiro atoms. The smallest absolute Gasteiger partial charge is 0.0781 e. The molecule has 1 atom stereocenters. The van der Waals surface area contributed by atoms with E-state index in [0.29, 0.717) is 0 Å². The Bertz CT molecular complexity index is 4480. The Balaban J connectivity index is 1.04. The van der Waals surface area contributed by atoms with Crippen molar-refractivity contribution in [1.29, 1.82) is 0 Å². The van der Waals surface area contributed by atoms with Crippen LogP contribution in [0.1, 0.15) is 22.3 Å². The number of para-hydroxylation sites is 3. The van der Waals surface area contributed by atoms with Crippen molar-refractivity contribution >= 4 is 65.6 Å². The van der Waals surface area contributed by atoms with Crippen LogP contribution in [0.2, 0.25) is 0 Å². The number of fused-ring (bicyclic) bond motifs is 21. The van der Waals surface area contributed by atoms with Crippen LogP contribution in [0.3, 0.4) is 0 Å². The molecule has 2 heterocycles. The highest BCUT2D eigenvalue weighted by Crippen LogP contribution is 2.64. The number of benzene rings is 12. The Morgan fingerprint density at radius 3 is 1.62 bits per heavy atom. The van der Waals surface area contributed by atoms with Crippen molar-refractivity contribution < 1.29 is 0 Å². The Morgan fingerprint density at radius 2 is 0.868 bits per heavy atom. The Labute approximate surface area is 446 Å². The molecule has 0 bridgehead atoms.